The van der Waals surface area contributed by atoms with Gasteiger partial charge in [-0.1, -0.05) is 72.6 Å². The first-order valence-electron chi connectivity index (χ1n) is 14.4. The Labute approximate surface area is 246 Å². The van der Waals surface area contributed by atoms with Crippen molar-refractivity contribution >= 4 is 23.9 Å². The van der Waals surface area contributed by atoms with Crippen LogP contribution in [0.2, 0.25) is 0 Å². The van der Waals surface area contributed by atoms with Crippen LogP contribution in [0, 0.1) is 0 Å². The summed E-state index contributed by atoms with van der Waals surface area (Å²) in [5.41, 5.74) is 0. The third-order valence-corrected chi connectivity index (χ3v) is 5.30. The van der Waals surface area contributed by atoms with Gasteiger partial charge in [-0.25, -0.2) is 0 Å². The van der Waals surface area contributed by atoms with E-state index in [-0.39, 0.29) is 58.6 Å². The van der Waals surface area contributed by atoms with Crippen molar-refractivity contribution in [1.82, 2.24) is 0 Å². The highest BCUT2D eigenvalue weighted by molar-refractivity contribution is 5.69. The van der Waals surface area contributed by atoms with Crippen LogP contribution in [0.25, 0.3) is 0 Å². The molecule has 0 fully saturated rings. The quantitative estimate of drug-likeness (QED) is 0.0732. The number of carboxylic acid groups (broad SMARTS) is 2. The first kappa shape index (κ1) is 45.7. The van der Waals surface area contributed by atoms with Gasteiger partial charge in [0.25, 0.3) is 0 Å². The first-order chi connectivity index (χ1) is 19.0. The maximum atomic E-state index is 11.3. The van der Waals surface area contributed by atoms with E-state index in [0.29, 0.717) is 12.8 Å². The number of carbonyl (C=O) groups excluding carboxylic acids is 2. The lowest BCUT2D eigenvalue weighted by Crippen LogP contribution is -2.25. The maximum Gasteiger partial charge on any atom is 0.305 e. The third kappa shape index (κ3) is 45.0. The minimum Gasteiger partial charge on any atom is -0.481 e. The fourth-order valence-electron chi connectivity index (χ4n) is 2.93. The summed E-state index contributed by atoms with van der Waals surface area (Å²) in [7, 11) is 0. The van der Waals surface area contributed by atoms with Crippen LogP contribution < -0.4 is 0 Å². The molecule has 0 aliphatic rings. The highest BCUT2D eigenvalue weighted by Crippen LogP contribution is 2.08. The van der Waals surface area contributed by atoms with E-state index >= 15 is 0 Å². The van der Waals surface area contributed by atoms with E-state index in [0.717, 1.165) is 77.0 Å². The Hall–Kier alpha value is -2.28. The summed E-state index contributed by atoms with van der Waals surface area (Å²) in [6, 6.07) is 0. The first-order valence-corrected chi connectivity index (χ1v) is 14.4. The van der Waals surface area contributed by atoms with Gasteiger partial charge in [0, 0.05) is 25.7 Å². The topological polar surface area (TPSA) is 208 Å². The van der Waals surface area contributed by atoms with Crippen LogP contribution in [0.1, 0.15) is 124 Å². The molecule has 0 rings (SSSR count). The summed E-state index contributed by atoms with van der Waals surface area (Å²) in [6.07, 6.45) is 10.4. The smallest absolute Gasteiger partial charge is 0.305 e. The molecule has 0 aromatic carbocycles. The number of aliphatic hydroxyl groups is 4. The largest absolute Gasteiger partial charge is 0.481 e. The molecule has 0 bridgehead atoms. The standard InChI is InChI=1S/C15H28O5.C10H18O4.C3H8O3.CH4/c1-3-5-7-9-14(17)19-11-13(16)12-20-15(18)10-8-6-4-2;11-9(12)7-5-3-1-2-4-6-8-10(13)14;4-1-3(6)2-5;/h13,16H,3-12H2,1-2H3;1-8H2,(H,11,12)(H,13,14);3-6H,1-2H2;1H4. The second-order valence-electron chi connectivity index (χ2n) is 9.36. The third-order valence-electron chi connectivity index (χ3n) is 5.30. The van der Waals surface area contributed by atoms with Gasteiger partial charge in [-0.2, -0.15) is 0 Å². The minimum absolute atomic E-state index is 0. The molecule has 246 valence electrons. The van der Waals surface area contributed by atoms with Gasteiger partial charge < -0.3 is 40.1 Å². The number of ether oxygens (including phenoxy) is 2. The number of aliphatic hydroxyl groups excluding tert-OH is 4. The molecular formula is C29H58O12. The normalized spacial score (nSPS) is 10.0. The van der Waals surface area contributed by atoms with Crippen molar-refractivity contribution in [2.24, 2.45) is 0 Å². The Balaban J connectivity index is -0.000000283. The molecule has 0 aromatic rings. The van der Waals surface area contributed by atoms with Crippen LogP contribution in [0.3, 0.4) is 0 Å². The van der Waals surface area contributed by atoms with E-state index in [9.17, 15) is 24.3 Å². The summed E-state index contributed by atoms with van der Waals surface area (Å²) in [5.74, 6) is -2.11. The highest BCUT2D eigenvalue weighted by Gasteiger charge is 2.11. The van der Waals surface area contributed by atoms with Crippen LogP contribution in [0.5, 0.6) is 0 Å². The Kier molecular flexibility index (Phi) is 39.8. The van der Waals surface area contributed by atoms with Crippen molar-refractivity contribution in [1.29, 1.82) is 0 Å². The predicted molar refractivity (Wildman–Crippen MR) is 155 cm³/mol. The average molecular weight is 599 g/mol. The summed E-state index contributed by atoms with van der Waals surface area (Å²) in [4.78, 5) is 42.9. The molecule has 0 radical (unpaired) electrons. The van der Waals surface area contributed by atoms with Gasteiger partial charge in [0.15, 0.2) is 0 Å². The molecule has 0 saturated heterocycles. The van der Waals surface area contributed by atoms with E-state index in [1.54, 1.807) is 0 Å². The van der Waals surface area contributed by atoms with Crippen molar-refractivity contribution in [3.8, 4) is 0 Å². The van der Waals surface area contributed by atoms with Gasteiger partial charge in [0.2, 0.25) is 0 Å². The monoisotopic (exact) mass is 598 g/mol. The van der Waals surface area contributed by atoms with Crippen molar-refractivity contribution in [2.75, 3.05) is 26.4 Å². The van der Waals surface area contributed by atoms with Gasteiger partial charge >= 0.3 is 23.9 Å². The summed E-state index contributed by atoms with van der Waals surface area (Å²) < 4.78 is 9.80. The second-order valence-corrected chi connectivity index (χ2v) is 9.36. The van der Waals surface area contributed by atoms with Crippen LogP contribution in [-0.4, -0.2) is 93.2 Å². The zero-order valence-electron chi connectivity index (χ0n) is 24.4. The fourth-order valence-corrected chi connectivity index (χ4v) is 2.93. The summed E-state index contributed by atoms with van der Waals surface area (Å²) >= 11 is 0. The average Bonchev–Trinajstić information content (AvgIpc) is 2.92. The van der Waals surface area contributed by atoms with Crippen molar-refractivity contribution in [3.05, 3.63) is 0 Å². The molecular weight excluding hydrogens is 540 g/mol. The van der Waals surface area contributed by atoms with Crippen LogP contribution >= 0.6 is 0 Å². The number of carboxylic acids is 2. The number of hydrogen-bond acceptors (Lipinski definition) is 10. The molecule has 0 amide bonds. The van der Waals surface area contributed by atoms with E-state index in [2.05, 4.69) is 13.8 Å². The molecule has 41 heavy (non-hydrogen) atoms. The van der Waals surface area contributed by atoms with E-state index < -0.39 is 24.1 Å². The van der Waals surface area contributed by atoms with Gasteiger partial charge in [-0.05, 0) is 25.7 Å². The van der Waals surface area contributed by atoms with Crippen molar-refractivity contribution in [2.45, 2.75) is 136 Å². The zero-order valence-corrected chi connectivity index (χ0v) is 24.4. The molecule has 0 saturated carbocycles. The van der Waals surface area contributed by atoms with Crippen molar-refractivity contribution in [3.63, 3.8) is 0 Å². The predicted octanol–water partition coefficient (Wildman–Crippen LogP) is 3.84. The molecule has 0 atom stereocenters. The van der Waals surface area contributed by atoms with Gasteiger partial charge in [0.1, 0.15) is 25.4 Å². The number of esters is 2. The van der Waals surface area contributed by atoms with Gasteiger partial charge in [0.05, 0.1) is 13.2 Å². The number of unbranched alkanes of at least 4 members (excludes halogenated alkanes) is 9. The molecule has 12 heteroatoms. The van der Waals surface area contributed by atoms with Crippen LogP contribution in [0.4, 0.5) is 0 Å². The molecule has 0 aromatic heterocycles. The van der Waals surface area contributed by atoms with E-state index in [1.165, 1.54) is 0 Å². The Bertz CT molecular complexity index is 563. The van der Waals surface area contributed by atoms with Crippen LogP contribution in [0.15, 0.2) is 0 Å². The molecule has 0 unspecified atom stereocenters. The lowest BCUT2D eigenvalue weighted by atomic mass is 10.1. The van der Waals surface area contributed by atoms with Crippen LogP contribution in [-0.2, 0) is 28.7 Å². The number of hydrogen-bond donors (Lipinski definition) is 6. The Morgan fingerprint density at radius 2 is 0.854 bits per heavy atom. The molecule has 0 heterocycles. The fraction of sp³-hybridized carbons (Fsp3) is 0.862. The lowest BCUT2D eigenvalue weighted by molar-refractivity contribution is -0.152. The molecule has 6 N–H and O–H groups in total. The second kappa shape index (κ2) is 35.7. The Morgan fingerprint density at radius 1 is 0.537 bits per heavy atom. The highest BCUT2D eigenvalue weighted by atomic mass is 16.6. The number of aliphatic carboxylic acids is 2. The maximum absolute atomic E-state index is 11.3. The number of carbonyl (C=O) groups is 4. The summed E-state index contributed by atoms with van der Waals surface area (Å²) in [6.45, 7) is 3.15. The van der Waals surface area contributed by atoms with Gasteiger partial charge in [-0.15, -0.1) is 0 Å². The zero-order chi connectivity index (χ0) is 31.0. The van der Waals surface area contributed by atoms with Crippen molar-refractivity contribution < 1.29 is 59.3 Å². The molecule has 0 aliphatic heterocycles. The lowest BCUT2D eigenvalue weighted by Gasteiger charge is -2.12. The molecule has 12 nitrogen and oxygen atoms in total. The van der Waals surface area contributed by atoms with E-state index in [4.69, 9.17) is 35.0 Å². The molecule has 0 spiro atoms. The van der Waals surface area contributed by atoms with Gasteiger partial charge in [-0.3, -0.25) is 19.2 Å². The Morgan fingerprint density at radius 3 is 1.12 bits per heavy atom. The van der Waals surface area contributed by atoms with E-state index in [1.807, 2.05) is 0 Å². The SMILES string of the molecule is C.CCCCCC(=O)OCC(O)COC(=O)CCCCC.O=C(O)CCCCCCCCC(=O)O.OCC(O)CO. The minimum atomic E-state index is -0.954. The summed E-state index contributed by atoms with van der Waals surface area (Å²) in [5, 5.41) is 50.3. The molecule has 0 aliphatic carbocycles. The number of rotatable bonds is 23.